The summed E-state index contributed by atoms with van der Waals surface area (Å²) in [6.45, 7) is 1.82. The second-order valence-corrected chi connectivity index (χ2v) is 3.37. The van der Waals surface area contributed by atoms with Crippen molar-refractivity contribution in [1.29, 1.82) is 0 Å². The van der Waals surface area contributed by atoms with Crippen molar-refractivity contribution >= 4 is 11.6 Å². The van der Waals surface area contributed by atoms with Gasteiger partial charge in [0.1, 0.15) is 5.82 Å². The molecule has 0 saturated carbocycles. The third-order valence-electron chi connectivity index (χ3n) is 1.83. The molecule has 2 aromatic rings. The quantitative estimate of drug-likeness (QED) is 0.722. The average molecular weight is 212 g/mol. The van der Waals surface area contributed by atoms with Crippen LogP contribution in [0.15, 0.2) is 28.8 Å². The molecule has 0 bridgehead atoms. The van der Waals surface area contributed by atoms with E-state index in [1.165, 1.54) is 12.1 Å². The molecule has 1 aromatic carbocycles. The van der Waals surface area contributed by atoms with E-state index in [1.54, 1.807) is 12.1 Å². The van der Waals surface area contributed by atoms with Gasteiger partial charge in [-0.2, -0.15) is 0 Å². The zero-order chi connectivity index (χ0) is 10.1. The van der Waals surface area contributed by atoms with Gasteiger partial charge in [0.2, 0.25) is 0 Å². The van der Waals surface area contributed by atoms with Crippen molar-refractivity contribution < 1.29 is 8.91 Å². The van der Waals surface area contributed by atoms with Gasteiger partial charge in [0.15, 0.2) is 5.76 Å². The van der Waals surface area contributed by atoms with Crippen LogP contribution in [0.4, 0.5) is 4.39 Å². The summed E-state index contributed by atoms with van der Waals surface area (Å²) < 4.78 is 17.9. The first-order valence-corrected chi connectivity index (χ1v) is 4.43. The Kier molecular flexibility index (Phi) is 2.25. The second-order valence-electron chi connectivity index (χ2n) is 2.96. The van der Waals surface area contributed by atoms with Crippen molar-refractivity contribution in [3.63, 3.8) is 0 Å². The van der Waals surface area contributed by atoms with Gasteiger partial charge >= 0.3 is 0 Å². The molecular formula is C10H7ClFNO. The maximum Gasteiger partial charge on any atom is 0.167 e. The van der Waals surface area contributed by atoms with E-state index in [0.717, 1.165) is 11.3 Å². The molecule has 0 amide bonds. The molecule has 4 heteroatoms. The minimum atomic E-state index is -0.438. The SMILES string of the molecule is Cc1cc(-c2ccc(F)c(Cl)c2)on1. The molecule has 0 N–H and O–H groups in total. The molecule has 0 radical (unpaired) electrons. The lowest BCUT2D eigenvalue weighted by molar-refractivity contribution is 0.427. The first-order chi connectivity index (χ1) is 6.66. The van der Waals surface area contributed by atoms with Gasteiger partial charge in [-0.15, -0.1) is 0 Å². The number of hydrogen-bond acceptors (Lipinski definition) is 2. The summed E-state index contributed by atoms with van der Waals surface area (Å²) in [6.07, 6.45) is 0. The molecule has 14 heavy (non-hydrogen) atoms. The van der Waals surface area contributed by atoms with Crippen LogP contribution in [0.3, 0.4) is 0 Å². The largest absolute Gasteiger partial charge is 0.356 e. The summed E-state index contributed by atoms with van der Waals surface area (Å²) in [5.74, 6) is 0.149. The molecule has 0 aliphatic heterocycles. The fraction of sp³-hybridized carbons (Fsp3) is 0.100. The van der Waals surface area contributed by atoms with Gasteiger partial charge in [0, 0.05) is 11.6 Å². The highest BCUT2D eigenvalue weighted by Gasteiger charge is 2.06. The predicted molar refractivity (Wildman–Crippen MR) is 51.6 cm³/mol. The van der Waals surface area contributed by atoms with Gasteiger partial charge in [-0.1, -0.05) is 16.8 Å². The molecular weight excluding hydrogens is 205 g/mol. The molecule has 0 saturated heterocycles. The third-order valence-corrected chi connectivity index (χ3v) is 2.12. The zero-order valence-electron chi connectivity index (χ0n) is 7.42. The van der Waals surface area contributed by atoms with Crippen molar-refractivity contribution in [3.05, 3.63) is 40.8 Å². The van der Waals surface area contributed by atoms with Gasteiger partial charge in [-0.05, 0) is 25.1 Å². The number of nitrogens with zero attached hydrogens (tertiary/aromatic N) is 1. The minimum absolute atomic E-state index is 0.0801. The van der Waals surface area contributed by atoms with Gasteiger partial charge in [-0.25, -0.2) is 4.39 Å². The first-order valence-electron chi connectivity index (χ1n) is 4.05. The highest BCUT2D eigenvalue weighted by atomic mass is 35.5. The number of aromatic nitrogens is 1. The van der Waals surface area contributed by atoms with Crippen LogP contribution in [0.2, 0.25) is 5.02 Å². The summed E-state index contributed by atoms with van der Waals surface area (Å²) in [4.78, 5) is 0. The van der Waals surface area contributed by atoms with E-state index >= 15 is 0 Å². The summed E-state index contributed by atoms with van der Waals surface area (Å²) in [5, 5.41) is 3.81. The molecule has 2 nitrogen and oxygen atoms in total. The summed E-state index contributed by atoms with van der Waals surface area (Å²) >= 11 is 5.63. The number of halogens is 2. The molecule has 2 rings (SSSR count). The molecule has 72 valence electrons. The fourth-order valence-electron chi connectivity index (χ4n) is 1.15. The van der Waals surface area contributed by atoms with Crippen LogP contribution in [0, 0.1) is 12.7 Å². The predicted octanol–water partition coefficient (Wildman–Crippen LogP) is 3.44. The van der Waals surface area contributed by atoms with Crippen LogP contribution in [-0.4, -0.2) is 5.16 Å². The third kappa shape index (κ3) is 1.63. The molecule has 0 aliphatic carbocycles. The first kappa shape index (κ1) is 9.21. The maximum absolute atomic E-state index is 12.8. The van der Waals surface area contributed by atoms with Crippen molar-refractivity contribution in [3.8, 4) is 11.3 Å². The lowest BCUT2D eigenvalue weighted by Crippen LogP contribution is -1.78. The Bertz CT molecular complexity index is 467. The number of benzene rings is 1. The van der Waals surface area contributed by atoms with Crippen LogP contribution >= 0.6 is 11.6 Å². The Hall–Kier alpha value is -1.35. The number of hydrogen-bond donors (Lipinski definition) is 0. The Labute approximate surface area is 85.3 Å². The van der Waals surface area contributed by atoms with Crippen LogP contribution in [0.25, 0.3) is 11.3 Å². The molecule has 0 unspecified atom stereocenters. The summed E-state index contributed by atoms with van der Waals surface area (Å²) in [5.41, 5.74) is 1.50. The van der Waals surface area contributed by atoms with E-state index in [0.29, 0.717) is 5.76 Å². The van der Waals surface area contributed by atoms with Crippen molar-refractivity contribution in [2.24, 2.45) is 0 Å². The normalized spacial score (nSPS) is 10.5. The lowest BCUT2D eigenvalue weighted by Gasteiger charge is -1.96. The monoisotopic (exact) mass is 211 g/mol. The maximum atomic E-state index is 12.8. The topological polar surface area (TPSA) is 26.0 Å². The van der Waals surface area contributed by atoms with E-state index in [1.807, 2.05) is 6.92 Å². The lowest BCUT2D eigenvalue weighted by atomic mass is 10.1. The molecule has 0 spiro atoms. The minimum Gasteiger partial charge on any atom is -0.356 e. The standard InChI is InChI=1S/C10H7ClFNO/c1-6-4-10(14-13-6)7-2-3-9(12)8(11)5-7/h2-5H,1H3. The Balaban J connectivity index is 2.47. The van der Waals surface area contributed by atoms with E-state index in [-0.39, 0.29) is 5.02 Å². The molecule has 0 fully saturated rings. The van der Waals surface area contributed by atoms with Crippen molar-refractivity contribution in [2.45, 2.75) is 6.92 Å². The van der Waals surface area contributed by atoms with Gasteiger partial charge < -0.3 is 4.52 Å². The van der Waals surface area contributed by atoms with E-state index in [9.17, 15) is 4.39 Å². The van der Waals surface area contributed by atoms with E-state index < -0.39 is 5.82 Å². The van der Waals surface area contributed by atoms with Crippen molar-refractivity contribution in [1.82, 2.24) is 5.16 Å². The Morgan fingerprint density at radius 1 is 1.36 bits per heavy atom. The Morgan fingerprint density at radius 2 is 2.14 bits per heavy atom. The van der Waals surface area contributed by atoms with Gasteiger partial charge in [0.05, 0.1) is 10.7 Å². The van der Waals surface area contributed by atoms with Crippen LogP contribution < -0.4 is 0 Å². The number of rotatable bonds is 1. The molecule has 1 aromatic heterocycles. The van der Waals surface area contributed by atoms with E-state index in [4.69, 9.17) is 16.1 Å². The average Bonchev–Trinajstić information content (AvgIpc) is 2.57. The van der Waals surface area contributed by atoms with E-state index in [2.05, 4.69) is 5.16 Å². The van der Waals surface area contributed by atoms with Crippen LogP contribution in [-0.2, 0) is 0 Å². The van der Waals surface area contributed by atoms with Gasteiger partial charge in [0.25, 0.3) is 0 Å². The highest BCUT2D eigenvalue weighted by Crippen LogP contribution is 2.25. The van der Waals surface area contributed by atoms with Crippen LogP contribution in [0.1, 0.15) is 5.69 Å². The van der Waals surface area contributed by atoms with Gasteiger partial charge in [-0.3, -0.25) is 0 Å². The highest BCUT2D eigenvalue weighted by molar-refractivity contribution is 6.31. The Morgan fingerprint density at radius 3 is 2.71 bits per heavy atom. The zero-order valence-corrected chi connectivity index (χ0v) is 8.18. The summed E-state index contributed by atoms with van der Waals surface area (Å²) in [6, 6.07) is 6.18. The second kappa shape index (κ2) is 3.42. The summed E-state index contributed by atoms with van der Waals surface area (Å²) in [7, 11) is 0. The number of aryl methyl sites for hydroxylation is 1. The molecule has 0 aliphatic rings. The smallest absolute Gasteiger partial charge is 0.167 e. The molecule has 1 heterocycles. The van der Waals surface area contributed by atoms with Crippen LogP contribution in [0.5, 0.6) is 0 Å². The fourth-order valence-corrected chi connectivity index (χ4v) is 1.33. The molecule has 0 atom stereocenters. The van der Waals surface area contributed by atoms with Crippen molar-refractivity contribution in [2.75, 3.05) is 0 Å².